The lowest BCUT2D eigenvalue weighted by molar-refractivity contribution is -0.131. The number of aryl methyl sites for hydroxylation is 3. The molecule has 1 aliphatic heterocycles. The van der Waals surface area contributed by atoms with E-state index in [1.807, 2.05) is 6.92 Å². The van der Waals surface area contributed by atoms with Gasteiger partial charge in [0.2, 0.25) is 11.8 Å². The van der Waals surface area contributed by atoms with Crippen molar-refractivity contribution in [2.45, 2.75) is 46.2 Å². The Balaban J connectivity index is 1.88. The molecule has 3 rings (SSSR count). The van der Waals surface area contributed by atoms with Crippen molar-refractivity contribution < 1.29 is 18.4 Å². The molecule has 122 valence electrons. The lowest BCUT2D eigenvalue weighted by atomic mass is 9.92. The number of carbonyl (C=O) groups is 2. The highest BCUT2D eigenvalue weighted by molar-refractivity contribution is 6.07. The SMILES string of the molecule is CCc1nnc(CN2C(=O)N[C@@](C)(c3cc(C)oc3C)C2=O)o1. The number of hydrogen-bond acceptors (Lipinski definition) is 6. The van der Waals surface area contributed by atoms with Gasteiger partial charge in [-0.3, -0.25) is 9.69 Å². The van der Waals surface area contributed by atoms with Crippen LogP contribution in [0.25, 0.3) is 0 Å². The van der Waals surface area contributed by atoms with E-state index in [0.29, 0.717) is 29.4 Å². The molecule has 0 radical (unpaired) electrons. The van der Waals surface area contributed by atoms with Crippen molar-refractivity contribution in [2.75, 3.05) is 0 Å². The molecule has 1 aliphatic rings. The molecular formula is C15H18N4O4. The second-order valence-corrected chi connectivity index (χ2v) is 5.72. The third kappa shape index (κ3) is 2.39. The van der Waals surface area contributed by atoms with Gasteiger partial charge in [0.15, 0.2) is 0 Å². The fourth-order valence-electron chi connectivity index (χ4n) is 2.78. The van der Waals surface area contributed by atoms with Crippen LogP contribution in [-0.4, -0.2) is 27.0 Å². The van der Waals surface area contributed by atoms with Crippen molar-refractivity contribution in [1.29, 1.82) is 0 Å². The summed E-state index contributed by atoms with van der Waals surface area (Å²) in [7, 11) is 0. The van der Waals surface area contributed by atoms with Gasteiger partial charge >= 0.3 is 6.03 Å². The Kier molecular flexibility index (Phi) is 3.46. The van der Waals surface area contributed by atoms with Crippen LogP contribution < -0.4 is 5.32 Å². The van der Waals surface area contributed by atoms with Crippen LogP contribution in [0.1, 0.15) is 42.7 Å². The van der Waals surface area contributed by atoms with Gasteiger partial charge < -0.3 is 14.2 Å². The number of aromatic nitrogens is 2. The minimum Gasteiger partial charge on any atom is -0.466 e. The number of nitrogens with one attached hydrogen (secondary N) is 1. The highest BCUT2D eigenvalue weighted by Crippen LogP contribution is 2.33. The maximum Gasteiger partial charge on any atom is 0.325 e. The van der Waals surface area contributed by atoms with Crippen molar-refractivity contribution >= 4 is 11.9 Å². The lowest BCUT2D eigenvalue weighted by Gasteiger charge is -2.20. The Bertz CT molecular complexity index is 778. The zero-order valence-electron chi connectivity index (χ0n) is 13.5. The van der Waals surface area contributed by atoms with E-state index in [2.05, 4.69) is 15.5 Å². The van der Waals surface area contributed by atoms with Gasteiger partial charge in [-0.15, -0.1) is 10.2 Å². The Morgan fingerprint density at radius 3 is 2.48 bits per heavy atom. The predicted octanol–water partition coefficient (Wildman–Crippen LogP) is 1.81. The quantitative estimate of drug-likeness (QED) is 0.863. The highest BCUT2D eigenvalue weighted by atomic mass is 16.4. The fourth-order valence-corrected chi connectivity index (χ4v) is 2.78. The molecule has 2 aromatic rings. The first-order valence-electron chi connectivity index (χ1n) is 7.38. The van der Waals surface area contributed by atoms with Gasteiger partial charge in [-0.2, -0.15) is 0 Å². The van der Waals surface area contributed by atoms with E-state index < -0.39 is 11.6 Å². The van der Waals surface area contributed by atoms with Crippen LogP contribution in [0, 0.1) is 13.8 Å². The Hall–Kier alpha value is -2.64. The summed E-state index contributed by atoms with van der Waals surface area (Å²) >= 11 is 0. The maximum atomic E-state index is 12.8. The van der Waals surface area contributed by atoms with E-state index >= 15 is 0 Å². The van der Waals surface area contributed by atoms with E-state index in [0.717, 1.165) is 4.90 Å². The molecule has 2 aromatic heterocycles. The minimum absolute atomic E-state index is 0.0524. The molecule has 1 fully saturated rings. The van der Waals surface area contributed by atoms with Crippen LogP contribution in [0.5, 0.6) is 0 Å². The van der Waals surface area contributed by atoms with E-state index in [1.165, 1.54) is 0 Å². The number of urea groups is 1. The second kappa shape index (κ2) is 5.22. The zero-order valence-corrected chi connectivity index (χ0v) is 13.5. The highest BCUT2D eigenvalue weighted by Gasteiger charge is 2.50. The zero-order chi connectivity index (χ0) is 16.8. The van der Waals surface area contributed by atoms with Crippen molar-refractivity contribution in [3.05, 3.63) is 34.9 Å². The average molecular weight is 318 g/mol. The number of amides is 3. The average Bonchev–Trinajstić information content (AvgIpc) is 3.14. The number of hydrogen-bond donors (Lipinski definition) is 1. The first-order valence-corrected chi connectivity index (χ1v) is 7.38. The molecule has 0 saturated carbocycles. The maximum absolute atomic E-state index is 12.8. The van der Waals surface area contributed by atoms with Crippen LogP contribution >= 0.6 is 0 Å². The first kappa shape index (κ1) is 15.3. The molecule has 1 saturated heterocycles. The molecule has 0 aliphatic carbocycles. The van der Waals surface area contributed by atoms with Crippen LogP contribution in [0.15, 0.2) is 14.9 Å². The molecule has 0 aromatic carbocycles. The van der Waals surface area contributed by atoms with Gasteiger partial charge in [-0.25, -0.2) is 4.79 Å². The number of rotatable bonds is 4. The molecule has 1 atom stereocenters. The van der Waals surface area contributed by atoms with Crippen LogP contribution in [0.2, 0.25) is 0 Å². The van der Waals surface area contributed by atoms with Crippen molar-refractivity contribution in [2.24, 2.45) is 0 Å². The van der Waals surface area contributed by atoms with Crippen molar-refractivity contribution in [3.8, 4) is 0 Å². The third-order valence-electron chi connectivity index (χ3n) is 3.96. The second-order valence-electron chi connectivity index (χ2n) is 5.72. The third-order valence-corrected chi connectivity index (χ3v) is 3.96. The normalized spacial score (nSPS) is 21.1. The molecule has 8 heteroatoms. The monoisotopic (exact) mass is 318 g/mol. The van der Waals surface area contributed by atoms with Gasteiger partial charge in [0.1, 0.15) is 23.6 Å². The number of nitrogens with zero attached hydrogens (tertiary/aromatic N) is 3. The smallest absolute Gasteiger partial charge is 0.325 e. The summed E-state index contributed by atoms with van der Waals surface area (Å²) < 4.78 is 10.9. The van der Waals surface area contributed by atoms with E-state index in [4.69, 9.17) is 8.83 Å². The van der Waals surface area contributed by atoms with Gasteiger partial charge in [0, 0.05) is 12.0 Å². The van der Waals surface area contributed by atoms with E-state index in [-0.39, 0.29) is 18.3 Å². The molecular weight excluding hydrogens is 300 g/mol. The Labute approximate surface area is 132 Å². The summed E-state index contributed by atoms with van der Waals surface area (Å²) in [5.41, 5.74) is -0.511. The van der Waals surface area contributed by atoms with Crippen molar-refractivity contribution in [1.82, 2.24) is 20.4 Å². The summed E-state index contributed by atoms with van der Waals surface area (Å²) in [4.78, 5) is 26.1. The van der Waals surface area contributed by atoms with Gasteiger partial charge in [-0.05, 0) is 26.8 Å². The summed E-state index contributed by atoms with van der Waals surface area (Å²) in [6.07, 6.45) is 0.596. The molecule has 8 nitrogen and oxygen atoms in total. The molecule has 3 heterocycles. The summed E-state index contributed by atoms with van der Waals surface area (Å²) in [6.45, 7) is 7.05. The van der Waals surface area contributed by atoms with Crippen LogP contribution in [0.3, 0.4) is 0 Å². The standard InChI is InChI=1S/C15H18N4O4/c1-5-11-17-18-12(23-11)7-19-13(20)15(4,16-14(19)21)10-6-8(2)22-9(10)3/h6H,5,7H2,1-4H3,(H,16,21)/t15-/m0/s1. The van der Waals surface area contributed by atoms with Crippen molar-refractivity contribution in [3.63, 3.8) is 0 Å². The van der Waals surface area contributed by atoms with Gasteiger partial charge in [0.25, 0.3) is 5.91 Å². The van der Waals surface area contributed by atoms with Crippen LogP contribution in [-0.2, 0) is 23.3 Å². The Morgan fingerprint density at radius 1 is 1.22 bits per heavy atom. The number of imide groups is 1. The topological polar surface area (TPSA) is 101 Å². The minimum atomic E-state index is -1.16. The molecule has 3 amide bonds. The largest absolute Gasteiger partial charge is 0.466 e. The summed E-state index contributed by atoms with van der Waals surface area (Å²) in [5, 5.41) is 10.4. The molecule has 0 spiro atoms. The molecule has 0 bridgehead atoms. The number of carbonyl (C=O) groups excluding carboxylic acids is 2. The van der Waals surface area contributed by atoms with E-state index in [9.17, 15) is 9.59 Å². The number of furan rings is 1. The molecule has 0 unspecified atom stereocenters. The predicted molar refractivity (Wildman–Crippen MR) is 78.3 cm³/mol. The first-order chi connectivity index (χ1) is 10.8. The lowest BCUT2D eigenvalue weighted by Crippen LogP contribution is -2.41. The molecule has 23 heavy (non-hydrogen) atoms. The van der Waals surface area contributed by atoms with E-state index in [1.54, 1.807) is 26.8 Å². The molecule has 1 N–H and O–H groups in total. The van der Waals surface area contributed by atoms with Gasteiger partial charge in [-0.1, -0.05) is 6.92 Å². The van der Waals surface area contributed by atoms with Gasteiger partial charge in [0.05, 0.1) is 0 Å². The fraction of sp³-hybridized carbons (Fsp3) is 0.467. The summed E-state index contributed by atoms with van der Waals surface area (Å²) in [5.74, 6) is 1.61. The summed E-state index contributed by atoms with van der Waals surface area (Å²) in [6, 6.07) is 1.27. The van der Waals surface area contributed by atoms with Crippen LogP contribution in [0.4, 0.5) is 4.79 Å². The Morgan fingerprint density at radius 2 is 1.91 bits per heavy atom.